The molecule has 1 fully saturated rings. The zero-order valence-corrected chi connectivity index (χ0v) is 12.5. The number of aromatic nitrogens is 1. The highest BCUT2D eigenvalue weighted by Gasteiger charge is 2.21. The van der Waals surface area contributed by atoms with Crippen molar-refractivity contribution in [1.29, 1.82) is 0 Å². The van der Waals surface area contributed by atoms with Crippen LogP contribution in [0.2, 0.25) is 0 Å². The van der Waals surface area contributed by atoms with Crippen molar-refractivity contribution in [3.8, 4) is 0 Å². The second-order valence-corrected chi connectivity index (χ2v) is 5.51. The zero-order chi connectivity index (χ0) is 14.5. The summed E-state index contributed by atoms with van der Waals surface area (Å²) in [5.74, 6) is 1.74. The molecule has 1 aliphatic rings. The molecule has 4 heteroatoms. The van der Waals surface area contributed by atoms with Crippen LogP contribution >= 0.6 is 0 Å². The molecule has 0 atom stereocenters. The highest BCUT2D eigenvalue weighted by atomic mass is 15.2. The monoisotopic (exact) mass is 282 g/mol. The molecule has 2 N–H and O–H groups in total. The van der Waals surface area contributed by atoms with E-state index in [2.05, 4.69) is 51.8 Å². The van der Waals surface area contributed by atoms with E-state index in [1.165, 1.54) is 18.2 Å². The minimum atomic E-state index is 0.647. The molecule has 110 valence electrons. The normalized spacial score (nSPS) is 15.2. The maximum atomic E-state index is 4.69. The number of para-hydroxylation sites is 1. The number of hydrogen-bond donors (Lipinski definition) is 2. The van der Waals surface area contributed by atoms with Crippen molar-refractivity contribution >= 4 is 16.9 Å². The molecule has 21 heavy (non-hydrogen) atoms. The van der Waals surface area contributed by atoms with Crippen molar-refractivity contribution in [2.24, 2.45) is 10.9 Å². The summed E-state index contributed by atoms with van der Waals surface area (Å²) in [6.07, 6.45) is 4.53. The topological polar surface area (TPSA) is 49.3 Å². The van der Waals surface area contributed by atoms with Crippen LogP contribution in [0, 0.1) is 5.92 Å². The number of benzene rings is 1. The van der Waals surface area contributed by atoms with Crippen LogP contribution in [0.1, 0.15) is 25.3 Å². The third-order valence-corrected chi connectivity index (χ3v) is 3.72. The Hall–Kier alpha value is -2.10. The molecular formula is C17H22N4. The Labute approximate surface area is 125 Å². The maximum Gasteiger partial charge on any atom is 0.191 e. The quantitative estimate of drug-likeness (QED) is 0.655. The number of aliphatic imine (C=N–C) groups is 1. The Morgan fingerprint density at radius 3 is 2.90 bits per heavy atom. The van der Waals surface area contributed by atoms with Gasteiger partial charge in [-0.05, 0) is 37.3 Å². The lowest BCUT2D eigenvalue weighted by atomic mass is 10.1. The molecule has 4 nitrogen and oxygen atoms in total. The first-order valence-electron chi connectivity index (χ1n) is 7.71. The maximum absolute atomic E-state index is 4.69. The Balaban J connectivity index is 1.73. The van der Waals surface area contributed by atoms with E-state index in [1.54, 1.807) is 0 Å². The summed E-state index contributed by atoms with van der Waals surface area (Å²) in [6.45, 7) is 4.64. The number of nitrogens with one attached hydrogen (secondary N) is 2. The third-order valence-electron chi connectivity index (χ3n) is 3.72. The summed E-state index contributed by atoms with van der Waals surface area (Å²) in [5, 5.41) is 7.89. The van der Waals surface area contributed by atoms with Gasteiger partial charge in [0.15, 0.2) is 5.96 Å². The number of hydrogen-bond acceptors (Lipinski definition) is 2. The summed E-state index contributed by atoms with van der Waals surface area (Å²) < 4.78 is 0. The van der Waals surface area contributed by atoms with Gasteiger partial charge in [0, 0.05) is 24.7 Å². The Morgan fingerprint density at radius 2 is 2.10 bits per heavy atom. The van der Waals surface area contributed by atoms with Gasteiger partial charge in [-0.15, -0.1) is 0 Å². The number of nitrogens with zero attached hydrogens (tertiary/aromatic N) is 2. The van der Waals surface area contributed by atoms with Crippen molar-refractivity contribution in [3.05, 3.63) is 42.1 Å². The molecule has 0 amide bonds. The fourth-order valence-corrected chi connectivity index (χ4v) is 2.36. The van der Waals surface area contributed by atoms with E-state index in [-0.39, 0.29) is 0 Å². The third kappa shape index (κ3) is 3.72. The van der Waals surface area contributed by atoms with E-state index >= 15 is 0 Å². The molecule has 1 aromatic heterocycles. The Morgan fingerprint density at radius 1 is 1.24 bits per heavy atom. The van der Waals surface area contributed by atoms with Crippen molar-refractivity contribution < 1.29 is 0 Å². The van der Waals surface area contributed by atoms with E-state index in [0.29, 0.717) is 6.54 Å². The van der Waals surface area contributed by atoms with Crippen molar-refractivity contribution in [1.82, 2.24) is 15.6 Å². The molecule has 3 rings (SSSR count). The van der Waals surface area contributed by atoms with Crippen LogP contribution in [-0.4, -0.2) is 24.0 Å². The second kappa shape index (κ2) is 6.57. The molecule has 0 spiro atoms. The van der Waals surface area contributed by atoms with Crippen molar-refractivity contribution in [2.45, 2.75) is 26.3 Å². The van der Waals surface area contributed by atoms with Gasteiger partial charge in [-0.1, -0.05) is 24.3 Å². The van der Waals surface area contributed by atoms with Gasteiger partial charge in [0.25, 0.3) is 0 Å². The highest BCUT2D eigenvalue weighted by Crippen LogP contribution is 2.27. The van der Waals surface area contributed by atoms with Gasteiger partial charge >= 0.3 is 0 Å². The first-order valence-corrected chi connectivity index (χ1v) is 7.71. The molecule has 0 aliphatic heterocycles. The van der Waals surface area contributed by atoms with Gasteiger partial charge < -0.3 is 10.6 Å². The number of pyridine rings is 1. The van der Waals surface area contributed by atoms with Crippen molar-refractivity contribution in [3.63, 3.8) is 0 Å². The van der Waals surface area contributed by atoms with Gasteiger partial charge in [-0.3, -0.25) is 4.98 Å². The molecule has 1 aromatic carbocycles. The largest absolute Gasteiger partial charge is 0.357 e. The smallest absolute Gasteiger partial charge is 0.191 e. The summed E-state index contributed by atoms with van der Waals surface area (Å²) in [4.78, 5) is 9.17. The lowest BCUT2D eigenvalue weighted by Gasteiger charge is -2.11. The van der Waals surface area contributed by atoms with Gasteiger partial charge in [0.05, 0.1) is 12.1 Å². The summed E-state index contributed by atoms with van der Waals surface area (Å²) >= 11 is 0. The standard InChI is InChI=1S/C17H22N4/c1-2-18-17(20-11-13-8-9-13)21-12-15-6-3-5-14-7-4-10-19-16(14)15/h3-7,10,13H,2,8-9,11-12H2,1H3,(H2,18,20,21). The number of rotatable bonds is 5. The van der Waals surface area contributed by atoms with Crippen LogP contribution in [0.4, 0.5) is 0 Å². The Bertz CT molecular complexity index is 626. The summed E-state index contributed by atoms with van der Waals surface area (Å²) in [7, 11) is 0. The lowest BCUT2D eigenvalue weighted by Crippen LogP contribution is -2.38. The predicted molar refractivity (Wildman–Crippen MR) is 87.3 cm³/mol. The van der Waals surface area contributed by atoms with Gasteiger partial charge in [0.2, 0.25) is 0 Å². The Kier molecular flexibility index (Phi) is 4.34. The number of fused-ring (bicyclic) bond motifs is 1. The van der Waals surface area contributed by atoms with E-state index in [0.717, 1.165) is 36.0 Å². The summed E-state index contributed by atoms with van der Waals surface area (Å²) in [6, 6.07) is 10.3. The van der Waals surface area contributed by atoms with E-state index in [1.807, 2.05) is 12.3 Å². The minimum absolute atomic E-state index is 0.647. The van der Waals surface area contributed by atoms with Crippen LogP contribution in [0.25, 0.3) is 10.9 Å². The average Bonchev–Trinajstić information content (AvgIpc) is 3.34. The van der Waals surface area contributed by atoms with Gasteiger partial charge in [-0.2, -0.15) is 0 Å². The molecule has 0 saturated heterocycles. The summed E-state index contributed by atoms with van der Waals surface area (Å²) in [5.41, 5.74) is 2.21. The molecular weight excluding hydrogens is 260 g/mol. The van der Waals surface area contributed by atoms with Crippen LogP contribution in [0.3, 0.4) is 0 Å². The molecule has 0 radical (unpaired) electrons. The minimum Gasteiger partial charge on any atom is -0.357 e. The molecule has 1 aliphatic carbocycles. The molecule has 1 heterocycles. The van der Waals surface area contributed by atoms with E-state index < -0.39 is 0 Å². The molecule has 0 unspecified atom stereocenters. The highest BCUT2D eigenvalue weighted by molar-refractivity contribution is 5.83. The fraction of sp³-hybridized carbons (Fsp3) is 0.412. The van der Waals surface area contributed by atoms with E-state index in [4.69, 9.17) is 0 Å². The number of guanidine groups is 1. The van der Waals surface area contributed by atoms with Gasteiger partial charge in [-0.25, -0.2) is 4.99 Å². The van der Waals surface area contributed by atoms with Crippen LogP contribution in [0.5, 0.6) is 0 Å². The van der Waals surface area contributed by atoms with E-state index in [9.17, 15) is 0 Å². The average molecular weight is 282 g/mol. The first kappa shape index (κ1) is 13.9. The molecule has 2 aromatic rings. The second-order valence-electron chi connectivity index (χ2n) is 5.51. The predicted octanol–water partition coefficient (Wildman–Crippen LogP) is 2.70. The fourth-order valence-electron chi connectivity index (χ4n) is 2.36. The van der Waals surface area contributed by atoms with Crippen LogP contribution in [-0.2, 0) is 6.54 Å². The van der Waals surface area contributed by atoms with Crippen LogP contribution < -0.4 is 10.6 Å². The van der Waals surface area contributed by atoms with Gasteiger partial charge in [0.1, 0.15) is 0 Å². The van der Waals surface area contributed by atoms with Crippen molar-refractivity contribution in [2.75, 3.05) is 13.1 Å². The lowest BCUT2D eigenvalue weighted by molar-refractivity contribution is 0.739. The molecule has 1 saturated carbocycles. The molecule has 0 bridgehead atoms. The zero-order valence-electron chi connectivity index (χ0n) is 12.5. The SMILES string of the molecule is CCNC(=NCc1cccc2cccnc12)NCC1CC1. The van der Waals surface area contributed by atoms with Crippen LogP contribution in [0.15, 0.2) is 41.5 Å². The first-order chi connectivity index (χ1) is 10.4.